The summed E-state index contributed by atoms with van der Waals surface area (Å²) in [7, 11) is 0. The normalized spacial score (nSPS) is 15.8. The number of carbonyl (C=O) groups is 1. The molecular weight excluding hydrogens is 413 g/mol. The van der Waals surface area contributed by atoms with E-state index >= 15 is 4.39 Å². The van der Waals surface area contributed by atoms with Gasteiger partial charge in [-0.1, -0.05) is 41.9 Å². The predicted octanol–water partition coefficient (Wildman–Crippen LogP) is 5.46. The van der Waals surface area contributed by atoms with Crippen LogP contribution in [0.3, 0.4) is 0 Å². The number of H-pyrrole nitrogens is 1. The van der Waals surface area contributed by atoms with E-state index in [9.17, 15) is 4.79 Å². The fourth-order valence-corrected chi connectivity index (χ4v) is 4.79. The first-order chi connectivity index (χ1) is 15.1. The van der Waals surface area contributed by atoms with Gasteiger partial charge < -0.3 is 9.88 Å². The maximum Gasteiger partial charge on any atom is 0.223 e. The van der Waals surface area contributed by atoms with E-state index in [0.29, 0.717) is 36.4 Å². The number of aromatic nitrogens is 2. The van der Waals surface area contributed by atoms with Crippen LogP contribution in [0.5, 0.6) is 0 Å². The summed E-state index contributed by atoms with van der Waals surface area (Å²) in [6.45, 7) is 0.510. The number of hydrogen-bond acceptors (Lipinski definition) is 2. The molecule has 1 aliphatic rings. The monoisotopic (exact) mass is 433 g/mol. The van der Waals surface area contributed by atoms with Crippen LogP contribution >= 0.6 is 11.6 Å². The zero-order valence-corrected chi connectivity index (χ0v) is 17.6. The molecule has 3 heterocycles. The van der Waals surface area contributed by atoms with E-state index in [1.54, 1.807) is 29.4 Å². The maximum absolute atomic E-state index is 15.0. The Morgan fingerprint density at radius 2 is 2.03 bits per heavy atom. The Morgan fingerprint density at radius 1 is 1.16 bits per heavy atom. The summed E-state index contributed by atoms with van der Waals surface area (Å²) in [5.41, 5.74) is 4.28. The van der Waals surface area contributed by atoms with Crippen LogP contribution in [0.4, 0.5) is 4.39 Å². The third-order valence-electron chi connectivity index (χ3n) is 5.98. The molecule has 0 fully saturated rings. The molecule has 1 aliphatic heterocycles. The number of benzene rings is 2. The minimum atomic E-state index is -0.591. The second kappa shape index (κ2) is 8.16. The third kappa shape index (κ3) is 3.59. The number of carbonyl (C=O) groups excluding carboxylic acids is 1. The molecule has 1 atom stereocenters. The van der Waals surface area contributed by atoms with Crippen molar-refractivity contribution in [2.24, 2.45) is 0 Å². The average molecular weight is 434 g/mol. The van der Waals surface area contributed by atoms with Gasteiger partial charge in [-0.2, -0.15) is 0 Å². The van der Waals surface area contributed by atoms with Gasteiger partial charge in [-0.05, 0) is 48.2 Å². The van der Waals surface area contributed by atoms with Crippen molar-refractivity contribution in [2.45, 2.75) is 25.3 Å². The molecule has 0 unspecified atom stereocenters. The molecule has 1 amide bonds. The van der Waals surface area contributed by atoms with Crippen molar-refractivity contribution < 1.29 is 9.18 Å². The van der Waals surface area contributed by atoms with Crippen molar-refractivity contribution >= 4 is 28.4 Å². The lowest BCUT2D eigenvalue weighted by molar-refractivity contribution is -0.133. The van der Waals surface area contributed by atoms with Gasteiger partial charge in [-0.15, -0.1) is 0 Å². The van der Waals surface area contributed by atoms with Gasteiger partial charge in [0.25, 0.3) is 0 Å². The number of halogens is 2. The molecule has 4 nitrogen and oxygen atoms in total. The maximum atomic E-state index is 15.0. The van der Waals surface area contributed by atoms with Crippen LogP contribution in [-0.2, 0) is 17.6 Å². The number of rotatable bonds is 4. The van der Waals surface area contributed by atoms with Crippen LogP contribution in [-0.4, -0.2) is 27.3 Å². The minimum absolute atomic E-state index is 0.0301. The Labute approximate surface area is 184 Å². The highest BCUT2D eigenvalue weighted by molar-refractivity contribution is 6.31. The van der Waals surface area contributed by atoms with Gasteiger partial charge in [0, 0.05) is 52.5 Å². The Balaban J connectivity index is 1.57. The smallest absolute Gasteiger partial charge is 0.223 e. The fraction of sp³-hybridized carbons (Fsp3) is 0.200. The van der Waals surface area contributed by atoms with Gasteiger partial charge in [0.2, 0.25) is 5.91 Å². The quantitative estimate of drug-likeness (QED) is 0.464. The Morgan fingerprint density at radius 3 is 2.84 bits per heavy atom. The molecule has 6 heteroatoms. The van der Waals surface area contributed by atoms with Crippen molar-refractivity contribution in [3.8, 4) is 0 Å². The first-order valence-corrected chi connectivity index (χ1v) is 10.7. The summed E-state index contributed by atoms with van der Waals surface area (Å²) >= 11 is 6.47. The molecule has 0 bridgehead atoms. The molecule has 2 aromatic heterocycles. The van der Waals surface area contributed by atoms with Crippen LogP contribution in [0.2, 0.25) is 5.02 Å². The molecule has 0 saturated heterocycles. The second-order valence-electron chi connectivity index (χ2n) is 7.80. The average Bonchev–Trinajstić information content (AvgIpc) is 3.17. The van der Waals surface area contributed by atoms with E-state index in [1.807, 2.05) is 30.3 Å². The largest absolute Gasteiger partial charge is 0.356 e. The molecule has 1 N–H and O–H groups in total. The molecule has 156 valence electrons. The van der Waals surface area contributed by atoms with Crippen molar-refractivity contribution in [1.82, 2.24) is 14.9 Å². The van der Waals surface area contributed by atoms with Crippen molar-refractivity contribution in [2.75, 3.05) is 6.54 Å². The molecule has 0 radical (unpaired) electrons. The molecule has 5 rings (SSSR count). The number of hydrogen-bond donors (Lipinski definition) is 1. The summed E-state index contributed by atoms with van der Waals surface area (Å²) in [4.78, 5) is 22.7. The van der Waals surface area contributed by atoms with Crippen LogP contribution in [0.15, 0.2) is 67.0 Å². The number of aryl methyl sites for hydroxylation is 1. The van der Waals surface area contributed by atoms with Gasteiger partial charge in [0.05, 0.1) is 0 Å². The van der Waals surface area contributed by atoms with Gasteiger partial charge in [0.1, 0.15) is 11.9 Å². The highest BCUT2D eigenvalue weighted by atomic mass is 35.5. The van der Waals surface area contributed by atoms with E-state index in [2.05, 4.69) is 16.0 Å². The Hall–Kier alpha value is -3.18. The standard InChI is InChI=1S/C25H21ClFN3O/c26-19-7-3-8-20(27)23(19)25-24-18(17-6-1-2-9-21(17)29-24)12-14-30(25)22(31)11-10-16-5-4-13-28-15-16/h1-9,13,15,25,29H,10-12,14H2/t25-/m1/s1. The number of fused-ring (bicyclic) bond motifs is 3. The van der Waals surface area contributed by atoms with E-state index in [-0.39, 0.29) is 5.91 Å². The van der Waals surface area contributed by atoms with E-state index < -0.39 is 11.9 Å². The lowest BCUT2D eigenvalue weighted by Crippen LogP contribution is -2.41. The molecule has 0 aliphatic carbocycles. The number of amides is 1. The lowest BCUT2D eigenvalue weighted by Gasteiger charge is -2.37. The summed E-state index contributed by atoms with van der Waals surface area (Å²) < 4.78 is 15.0. The number of aromatic amines is 1. The Kier molecular flexibility index (Phi) is 5.20. The molecule has 4 aromatic rings. The van der Waals surface area contributed by atoms with Crippen molar-refractivity contribution in [3.05, 3.63) is 100 Å². The number of pyridine rings is 1. The van der Waals surface area contributed by atoms with Crippen LogP contribution in [0.1, 0.15) is 34.8 Å². The van der Waals surface area contributed by atoms with Gasteiger partial charge in [-0.25, -0.2) is 4.39 Å². The van der Waals surface area contributed by atoms with Crippen LogP contribution < -0.4 is 0 Å². The predicted molar refractivity (Wildman–Crippen MR) is 120 cm³/mol. The zero-order chi connectivity index (χ0) is 21.4. The molecular formula is C25H21ClFN3O. The van der Waals surface area contributed by atoms with E-state index in [1.165, 1.54) is 6.07 Å². The van der Waals surface area contributed by atoms with Crippen molar-refractivity contribution in [3.63, 3.8) is 0 Å². The van der Waals surface area contributed by atoms with Gasteiger partial charge >= 0.3 is 0 Å². The second-order valence-corrected chi connectivity index (χ2v) is 8.21. The third-order valence-corrected chi connectivity index (χ3v) is 6.31. The topological polar surface area (TPSA) is 49.0 Å². The molecule has 2 aromatic carbocycles. The SMILES string of the molecule is O=C(CCc1cccnc1)N1CCc2c([nH]c3ccccc23)[C@H]1c1c(F)cccc1Cl. The molecule has 31 heavy (non-hydrogen) atoms. The minimum Gasteiger partial charge on any atom is -0.356 e. The summed E-state index contributed by atoms with van der Waals surface area (Å²) in [5, 5.41) is 1.43. The summed E-state index contributed by atoms with van der Waals surface area (Å²) in [6.07, 6.45) is 5.10. The van der Waals surface area contributed by atoms with E-state index in [0.717, 1.165) is 27.7 Å². The van der Waals surface area contributed by atoms with Gasteiger partial charge in [0.15, 0.2) is 0 Å². The first-order valence-electron chi connectivity index (χ1n) is 10.3. The van der Waals surface area contributed by atoms with Crippen LogP contribution in [0.25, 0.3) is 10.9 Å². The zero-order valence-electron chi connectivity index (χ0n) is 16.8. The fourth-order valence-electron chi connectivity index (χ4n) is 4.52. The molecule has 0 spiro atoms. The Bertz CT molecular complexity index is 1230. The summed E-state index contributed by atoms with van der Waals surface area (Å²) in [5.74, 6) is -0.438. The highest BCUT2D eigenvalue weighted by Gasteiger charge is 2.36. The number of nitrogens with one attached hydrogen (secondary N) is 1. The van der Waals surface area contributed by atoms with Gasteiger partial charge in [-0.3, -0.25) is 9.78 Å². The van der Waals surface area contributed by atoms with Crippen LogP contribution in [0, 0.1) is 5.82 Å². The summed E-state index contributed by atoms with van der Waals surface area (Å²) in [6, 6.07) is 15.9. The number of nitrogens with zero attached hydrogens (tertiary/aromatic N) is 2. The number of para-hydroxylation sites is 1. The first kappa shape index (κ1) is 19.8. The molecule has 0 saturated carbocycles. The van der Waals surface area contributed by atoms with Crippen molar-refractivity contribution in [1.29, 1.82) is 0 Å². The highest BCUT2D eigenvalue weighted by Crippen LogP contribution is 2.41. The van der Waals surface area contributed by atoms with E-state index in [4.69, 9.17) is 11.6 Å². The lowest BCUT2D eigenvalue weighted by atomic mass is 9.91.